The van der Waals surface area contributed by atoms with E-state index < -0.39 is 33.2 Å². The van der Waals surface area contributed by atoms with Crippen LogP contribution in [0.3, 0.4) is 0 Å². The fourth-order valence-corrected chi connectivity index (χ4v) is 3.06. The molecule has 0 amide bonds. The van der Waals surface area contributed by atoms with Gasteiger partial charge >= 0.3 is 5.97 Å². The SMILES string of the molecule is C=CCN(CCO)S(=O)(=O)c1n[nH]c(C)c1C(=O)O. The Morgan fingerprint density at radius 1 is 1.58 bits per heavy atom. The Labute approximate surface area is 110 Å². The number of aromatic nitrogens is 2. The summed E-state index contributed by atoms with van der Waals surface area (Å²) in [4.78, 5) is 11.1. The second-order valence-corrected chi connectivity index (χ2v) is 5.56. The van der Waals surface area contributed by atoms with Crippen molar-refractivity contribution in [3.63, 3.8) is 0 Å². The number of hydrogen-bond donors (Lipinski definition) is 3. The third-order valence-electron chi connectivity index (χ3n) is 2.39. The quantitative estimate of drug-likeness (QED) is 0.586. The molecular formula is C10H15N3O5S. The van der Waals surface area contributed by atoms with Crippen LogP contribution in [0.2, 0.25) is 0 Å². The van der Waals surface area contributed by atoms with Crippen LogP contribution in [0.4, 0.5) is 0 Å². The number of sulfonamides is 1. The Morgan fingerprint density at radius 2 is 2.21 bits per heavy atom. The first-order valence-electron chi connectivity index (χ1n) is 5.36. The minimum absolute atomic E-state index is 0.0478. The molecule has 106 valence electrons. The second-order valence-electron chi connectivity index (χ2n) is 3.71. The third-order valence-corrected chi connectivity index (χ3v) is 4.19. The standard InChI is InChI=1S/C10H15N3O5S/c1-3-4-13(5-6-14)19(17,18)9-8(10(15)16)7(2)11-12-9/h3,14H,1,4-6H2,2H3,(H,11,12)(H,15,16). The van der Waals surface area contributed by atoms with E-state index in [1.165, 1.54) is 13.0 Å². The van der Waals surface area contributed by atoms with Gasteiger partial charge in [0.2, 0.25) is 5.03 Å². The van der Waals surface area contributed by atoms with Crippen LogP contribution in [0.1, 0.15) is 16.1 Å². The number of nitrogens with zero attached hydrogens (tertiary/aromatic N) is 2. The van der Waals surface area contributed by atoms with Crippen LogP contribution in [0.15, 0.2) is 17.7 Å². The molecule has 0 aliphatic carbocycles. The number of carboxylic acid groups (broad SMARTS) is 1. The van der Waals surface area contributed by atoms with Crippen molar-refractivity contribution in [3.05, 3.63) is 23.9 Å². The van der Waals surface area contributed by atoms with Crippen LogP contribution < -0.4 is 0 Å². The fourth-order valence-electron chi connectivity index (χ4n) is 1.53. The highest BCUT2D eigenvalue weighted by Crippen LogP contribution is 2.20. The molecule has 0 unspecified atom stereocenters. The zero-order valence-electron chi connectivity index (χ0n) is 10.3. The predicted octanol–water partition coefficient (Wildman–Crippen LogP) is -0.415. The van der Waals surface area contributed by atoms with Crippen LogP contribution in [0.25, 0.3) is 0 Å². The number of carbonyl (C=O) groups is 1. The monoisotopic (exact) mass is 289 g/mol. The Balaban J connectivity index is 3.33. The van der Waals surface area contributed by atoms with E-state index in [1.807, 2.05) is 0 Å². The van der Waals surface area contributed by atoms with Gasteiger partial charge in [-0.25, -0.2) is 13.2 Å². The van der Waals surface area contributed by atoms with E-state index in [4.69, 9.17) is 10.2 Å². The third kappa shape index (κ3) is 3.00. The van der Waals surface area contributed by atoms with Crippen LogP contribution in [-0.4, -0.2) is 58.8 Å². The molecule has 1 heterocycles. The molecule has 0 aliphatic heterocycles. The number of rotatable bonds is 7. The Bertz CT molecular complexity index is 578. The average molecular weight is 289 g/mol. The van der Waals surface area contributed by atoms with Gasteiger partial charge in [-0.2, -0.15) is 9.40 Å². The van der Waals surface area contributed by atoms with Gasteiger partial charge in [0, 0.05) is 18.8 Å². The molecule has 9 heteroatoms. The fraction of sp³-hybridized carbons (Fsp3) is 0.400. The van der Waals surface area contributed by atoms with Crippen LogP contribution in [0, 0.1) is 6.92 Å². The largest absolute Gasteiger partial charge is 0.478 e. The number of aliphatic hydroxyl groups excluding tert-OH is 1. The molecule has 19 heavy (non-hydrogen) atoms. The molecule has 0 aromatic carbocycles. The number of hydrogen-bond acceptors (Lipinski definition) is 5. The average Bonchev–Trinajstić information content (AvgIpc) is 2.71. The highest BCUT2D eigenvalue weighted by atomic mass is 32.2. The lowest BCUT2D eigenvalue weighted by Gasteiger charge is -2.18. The maximum atomic E-state index is 12.3. The summed E-state index contributed by atoms with van der Waals surface area (Å²) in [6.45, 7) is 4.23. The number of aromatic carboxylic acids is 1. The minimum Gasteiger partial charge on any atom is -0.478 e. The molecule has 0 radical (unpaired) electrons. The molecule has 0 aliphatic rings. The first-order chi connectivity index (χ1) is 8.86. The lowest BCUT2D eigenvalue weighted by molar-refractivity contribution is 0.0691. The van der Waals surface area contributed by atoms with Gasteiger partial charge in [0.05, 0.1) is 6.61 Å². The van der Waals surface area contributed by atoms with E-state index in [0.717, 1.165) is 4.31 Å². The molecule has 1 aromatic rings. The summed E-state index contributed by atoms with van der Waals surface area (Å²) in [7, 11) is -4.10. The van der Waals surface area contributed by atoms with E-state index in [1.54, 1.807) is 0 Å². The highest BCUT2D eigenvalue weighted by Gasteiger charge is 2.32. The van der Waals surface area contributed by atoms with Gasteiger partial charge in [-0.1, -0.05) is 6.08 Å². The number of aliphatic hydroxyl groups is 1. The van der Waals surface area contributed by atoms with E-state index >= 15 is 0 Å². The molecule has 3 N–H and O–H groups in total. The minimum atomic E-state index is -4.10. The zero-order chi connectivity index (χ0) is 14.6. The molecule has 8 nitrogen and oxygen atoms in total. The Hall–Kier alpha value is -1.71. The molecule has 0 spiro atoms. The van der Waals surface area contributed by atoms with Gasteiger partial charge < -0.3 is 10.2 Å². The summed E-state index contributed by atoms with van der Waals surface area (Å²) >= 11 is 0. The molecular weight excluding hydrogens is 274 g/mol. The van der Waals surface area contributed by atoms with Crippen molar-refractivity contribution in [1.82, 2.24) is 14.5 Å². The normalized spacial score (nSPS) is 11.7. The van der Waals surface area contributed by atoms with Crippen LogP contribution in [0.5, 0.6) is 0 Å². The number of nitrogens with one attached hydrogen (secondary N) is 1. The molecule has 0 atom stereocenters. The van der Waals surface area contributed by atoms with E-state index in [0.29, 0.717) is 0 Å². The van der Waals surface area contributed by atoms with Crippen LogP contribution >= 0.6 is 0 Å². The van der Waals surface area contributed by atoms with Crippen molar-refractivity contribution < 1.29 is 23.4 Å². The van der Waals surface area contributed by atoms with Crippen molar-refractivity contribution in [1.29, 1.82) is 0 Å². The van der Waals surface area contributed by atoms with Crippen molar-refractivity contribution >= 4 is 16.0 Å². The van der Waals surface area contributed by atoms with Crippen LogP contribution in [-0.2, 0) is 10.0 Å². The summed E-state index contributed by atoms with van der Waals surface area (Å²) in [6.07, 6.45) is 1.34. The summed E-state index contributed by atoms with van der Waals surface area (Å²) in [6, 6.07) is 0. The van der Waals surface area contributed by atoms with Gasteiger partial charge in [-0.15, -0.1) is 6.58 Å². The highest BCUT2D eigenvalue weighted by molar-refractivity contribution is 7.89. The zero-order valence-corrected chi connectivity index (χ0v) is 11.1. The molecule has 0 fully saturated rings. The van der Waals surface area contributed by atoms with Gasteiger partial charge in [0.15, 0.2) is 0 Å². The van der Waals surface area contributed by atoms with Crippen molar-refractivity contribution in [2.24, 2.45) is 0 Å². The summed E-state index contributed by atoms with van der Waals surface area (Å²) in [5.41, 5.74) is -0.249. The van der Waals surface area contributed by atoms with Gasteiger partial charge in [-0.05, 0) is 6.92 Å². The summed E-state index contributed by atoms with van der Waals surface area (Å²) in [5.74, 6) is -1.38. The lowest BCUT2D eigenvalue weighted by atomic mass is 10.3. The number of aryl methyl sites for hydroxylation is 1. The first kappa shape index (κ1) is 15.3. The number of aromatic amines is 1. The second kappa shape index (κ2) is 5.95. The van der Waals surface area contributed by atoms with E-state index in [-0.39, 0.29) is 18.8 Å². The van der Waals surface area contributed by atoms with Crippen molar-refractivity contribution in [2.45, 2.75) is 11.9 Å². The molecule has 1 rings (SSSR count). The van der Waals surface area contributed by atoms with E-state index in [9.17, 15) is 13.2 Å². The van der Waals surface area contributed by atoms with Crippen molar-refractivity contribution in [2.75, 3.05) is 19.7 Å². The molecule has 0 saturated carbocycles. The number of H-pyrrole nitrogens is 1. The van der Waals surface area contributed by atoms with Gasteiger partial charge in [0.25, 0.3) is 10.0 Å². The number of carboxylic acids is 1. The smallest absolute Gasteiger partial charge is 0.340 e. The Morgan fingerprint density at radius 3 is 2.68 bits per heavy atom. The van der Waals surface area contributed by atoms with Gasteiger partial charge in [0.1, 0.15) is 5.56 Å². The topological polar surface area (TPSA) is 124 Å². The predicted molar refractivity (Wildman–Crippen MR) is 66.3 cm³/mol. The lowest BCUT2D eigenvalue weighted by Crippen LogP contribution is -2.34. The molecule has 0 bridgehead atoms. The summed E-state index contributed by atoms with van der Waals surface area (Å²) < 4.78 is 25.4. The summed E-state index contributed by atoms with van der Waals surface area (Å²) in [5, 5.41) is 23.2. The van der Waals surface area contributed by atoms with E-state index in [2.05, 4.69) is 16.8 Å². The molecule has 1 aromatic heterocycles. The Kier molecular flexibility index (Phi) is 4.81. The maximum Gasteiger partial charge on any atom is 0.340 e. The van der Waals surface area contributed by atoms with Gasteiger partial charge in [-0.3, -0.25) is 5.10 Å². The maximum absolute atomic E-state index is 12.3. The first-order valence-corrected chi connectivity index (χ1v) is 6.80. The van der Waals surface area contributed by atoms with Crippen molar-refractivity contribution in [3.8, 4) is 0 Å². The molecule has 0 saturated heterocycles.